The number of carbonyl (C=O) groups excluding carboxylic acids is 2. The molecule has 0 spiro atoms. The molecule has 0 bridgehead atoms. The molecule has 0 aromatic heterocycles. The minimum absolute atomic E-state index is 0.0406. The quantitative estimate of drug-likeness (QED) is 0.377. The van der Waals surface area contributed by atoms with Crippen LogP contribution in [0.15, 0.2) is 36.4 Å². The predicted octanol–water partition coefficient (Wildman–Crippen LogP) is 5.13. The number of nitrogens with zero attached hydrogens (tertiary/aromatic N) is 2. The number of hydrogen-bond donors (Lipinski definition) is 1. The van der Waals surface area contributed by atoms with E-state index in [-0.39, 0.29) is 50.6 Å². The zero-order chi connectivity index (χ0) is 28.9. The second-order valence-corrected chi connectivity index (χ2v) is 13.0. The number of fused-ring (bicyclic) bond motifs is 1. The molecule has 12 heteroatoms. The Morgan fingerprint density at radius 3 is 2.45 bits per heavy atom. The van der Waals surface area contributed by atoms with Crippen LogP contribution in [0.3, 0.4) is 0 Å². The Morgan fingerprint density at radius 2 is 1.75 bits per heavy atom. The van der Waals surface area contributed by atoms with Crippen LogP contribution in [0.25, 0.3) is 0 Å². The average molecular weight is 613 g/mol. The van der Waals surface area contributed by atoms with Crippen molar-refractivity contribution >= 4 is 50.7 Å². The second kappa shape index (κ2) is 13.3. The van der Waals surface area contributed by atoms with E-state index in [0.717, 1.165) is 37.5 Å². The normalized spacial score (nSPS) is 15.9. The molecule has 9 nitrogen and oxygen atoms in total. The van der Waals surface area contributed by atoms with Crippen molar-refractivity contribution in [3.05, 3.63) is 52.0 Å². The molecule has 40 heavy (non-hydrogen) atoms. The van der Waals surface area contributed by atoms with Gasteiger partial charge in [0.15, 0.2) is 11.5 Å². The molecule has 0 radical (unpaired) electrons. The van der Waals surface area contributed by atoms with Crippen molar-refractivity contribution < 1.29 is 27.5 Å². The summed E-state index contributed by atoms with van der Waals surface area (Å²) in [4.78, 5) is 28.3. The minimum Gasteiger partial charge on any atom is -0.454 e. The van der Waals surface area contributed by atoms with E-state index in [2.05, 4.69) is 5.32 Å². The van der Waals surface area contributed by atoms with Gasteiger partial charge in [-0.25, -0.2) is 8.42 Å². The maximum atomic E-state index is 13.5. The molecular weight excluding hydrogens is 577 g/mol. The summed E-state index contributed by atoms with van der Waals surface area (Å²) in [6, 6.07) is 9.40. The lowest BCUT2D eigenvalue weighted by molar-refractivity contribution is -0.141. The average Bonchev–Trinajstić information content (AvgIpc) is 3.39. The lowest BCUT2D eigenvalue weighted by Crippen LogP contribution is -2.50. The first-order valence-electron chi connectivity index (χ1n) is 13.4. The third-order valence-corrected chi connectivity index (χ3v) is 9.19. The molecule has 218 valence electrons. The molecule has 0 saturated heterocycles. The van der Waals surface area contributed by atoms with Gasteiger partial charge in [-0.2, -0.15) is 0 Å². The zero-order valence-electron chi connectivity index (χ0n) is 22.7. The lowest BCUT2D eigenvalue weighted by atomic mass is 9.95. The molecule has 1 fully saturated rings. The summed E-state index contributed by atoms with van der Waals surface area (Å²) in [6.45, 7) is 2.02. The van der Waals surface area contributed by atoms with Crippen molar-refractivity contribution in [3.8, 4) is 11.5 Å². The minimum atomic E-state index is -3.64. The van der Waals surface area contributed by atoms with E-state index in [1.807, 2.05) is 0 Å². The Labute approximate surface area is 245 Å². The molecule has 2 aliphatic rings. The molecule has 1 atom stereocenters. The number of halogens is 2. The van der Waals surface area contributed by atoms with E-state index in [1.165, 1.54) is 15.6 Å². The summed E-state index contributed by atoms with van der Waals surface area (Å²) in [5.74, 6) is 0.536. The van der Waals surface area contributed by atoms with Crippen LogP contribution in [0.4, 0.5) is 5.69 Å². The Bertz CT molecular complexity index is 1330. The van der Waals surface area contributed by atoms with Crippen molar-refractivity contribution in [2.75, 3.05) is 23.9 Å². The maximum absolute atomic E-state index is 13.5. The van der Waals surface area contributed by atoms with Crippen LogP contribution in [0.2, 0.25) is 10.0 Å². The molecule has 2 amide bonds. The van der Waals surface area contributed by atoms with Gasteiger partial charge in [-0.05, 0) is 56.0 Å². The van der Waals surface area contributed by atoms with Crippen molar-refractivity contribution in [1.82, 2.24) is 10.2 Å². The molecule has 1 aliphatic carbocycles. The van der Waals surface area contributed by atoms with Crippen LogP contribution < -0.4 is 19.1 Å². The SMILES string of the molecule is C[C@@H](C(=O)NC1CCCCC1)N(Cc1ccc(Cl)c(Cl)c1)C(=O)CCCN(c1ccc2c(c1)OCO2)S(C)(=O)=O. The van der Waals surface area contributed by atoms with Gasteiger partial charge in [-0.3, -0.25) is 13.9 Å². The lowest BCUT2D eigenvalue weighted by Gasteiger charge is -2.31. The number of anilines is 1. The van der Waals surface area contributed by atoms with Crippen LogP contribution >= 0.6 is 23.2 Å². The summed E-state index contributed by atoms with van der Waals surface area (Å²) >= 11 is 12.3. The van der Waals surface area contributed by atoms with Crippen LogP contribution in [-0.4, -0.2) is 56.8 Å². The summed E-state index contributed by atoms with van der Waals surface area (Å²) in [5, 5.41) is 3.87. The fourth-order valence-corrected chi connectivity index (χ4v) is 6.31. The smallest absolute Gasteiger partial charge is 0.242 e. The summed E-state index contributed by atoms with van der Waals surface area (Å²) in [5.41, 5.74) is 1.16. The molecule has 1 N–H and O–H groups in total. The van der Waals surface area contributed by atoms with E-state index < -0.39 is 16.1 Å². The molecule has 2 aromatic carbocycles. The van der Waals surface area contributed by atoms with Gasteiger partial charge in [0.1, 0.15) is 6.04 Å². The van der Waals surface area contributed by atoms with Gasteiger partial charge in [-0.15, -0.1) is 0 Å². The van der Waals surface area contributed by atoms with Gasteiger partial charge in [0.05, 0.1) is 22.0 Å². The fourth-order valence-electron chi connectivity index (χ4n) is 5.03. The summed E-state index contributed by atoms with van der Waals surface area (Å²) in [7, 11) is -3.64. The van der Waals surface area contributed by atoms with E-state index in [1.54, 1.807) is 43.3 Å². The van der Waals surface area contributed by atoms with Gasteiger partial charge in [0.25, 0.3) is 0 Å². The van der Waals surface area contributed by atoms with Crippen LogP contribution in [-0.2, 0) is 26.2 Å². The van der Waals surface area contributed by atoms with E-state index in [4.69, 9.17) is 32.7 Å². The molecular formula is C28H35Cl2N3O6S. The first kappa shape index (κ1) is 30.3. The third kappa shape index (κ3) is 7.73. The number of hydrogen-bond acceptors (Lipinski definition) is 6. The maximum Gasteiger partial charge on any atom is 0.242 e. The third-order valence-electron chi connectivity index (χ3n) is 7.25. The summed E-state index contributed by atoms with van der Waals surface area (Å²) < 4.78 is 37.2. The highest BCUT2D eigenvalue weighted by Gasteiger charge is 2.29. The van der Waals surface area contributed by atoms with Gasteiger partial charge in [0.2, 0.25) is 28.6 Å². The molecule has 1 aliphatic heterocycles. The number of amides is 2. The first-order chi connectivity index (χ1) is 19.0. The Kier molecular flexibility index (Phi) is 10.1. The summed E-state index contributed by atoms with van der Waals surface area (Å²) in [6.07, 6.45) is 6.58. The van der Waals surface area contributed by atoms with Crippen molar-refractivity contribution in [2.24, 2.45) is 0 Å². The van der Waals surface area contributed by atoms with Crippen molar-refractivity contribution in [2.45, 2.75) is 70.5 Å². The fraction of sp³-hybridized carbons (Fsp3) is 0.500. The number of ether oxygens (including phenoxy) is 2. The standard InChI is InChI=1S/C28H35Cl2N3O6S/c1-19(28(35)31-21-7-4-3-5-8-21)32(17-20-10-12-23(29)24(30)15-20)27(34)9-6-14-33(40(2,36)37)22-11-13-25-26(16-22)39-18-38-25/h10-13,15-16,19,21H,3-9,14,17-18H2,1-2H3,(H,31,35)/t19-/m0/s1. The molecule has 4 rings (SSSR count). The van der Waals surface area contributed by atoms with E-state index >= 15 is 0 Å². The van der Waals surface area contributed by atoms with E-state index in [0.29, 0.717) is 27.2 Å². The van der Waals surface area contributed by atoms with Crippen LogP contribution in [0.5, 0.6) is 11.5 Å². The van der Waals surface area contributed by atoms with Crippen LogP contribution in [0.1, 0.15) is 57.4 Å². The monoisotopic (exact) mass is 611 g/mol. The molecule has 1 heterocycles. The zero-order valence-corrected chi connectivity index (χ0v) is 25.0. The number of nitrogens with one attached hydrogen (secondary N) is 1. The highest BCUT2D eigenvalue weighted by Crippen LogP contribution is 2.36. The number of sulfonamides is 1. The molecule has 1 saturated carbocycles. The van der Waals surface area contributed by atoms with Gasteiger partial charge in [-0.1, -0.05) is 48.5 Å². The number of carbonyl (C=O) groups is 2. The van der Waals surface area contributed by atoms with Crippen LogP contribution in [0, 0.1) is 0 Å². The Balaban J connectivity index is 1.46. The predicted molar refractivity (Wildman–Crippen MR) is 155 cm³/mol. The highest BCUT2D eigenvalue weighted by molar-refractivity contribution is 7.92. The number of rotatable bonds is 11. The van der Waals surface area contributed by atoms with Crippen molar-refractivity contribution in [3.63, 3.8) is 0 Å². The first-order valence-corrected chi connectivity index (χ1v) is 16.0. The Morgan fingerprint density at radius 1 is 1.02 bits per heavy atom. The topological polar surface area (TPSA) is 105 Å². The van der Waals surface area contributed by atoms with E-state index in [9.17, 15) is 18.0 Å². The van der Waals surface area contributed by atoms with Crippen molar-refractivity contribution in [1.29, 1.82) is 0 Å². The van der Waals surface area contributed by atoms with Gasteiger partial charge in [0, 0.05) is 31.6 Å². The second-order valence-electron chi connectivity index (χ2n) is 10.3. The largest absolute Gasteiger partial charge is 0.454 e. The molecule has 2 aromatic rings. The molecule has 0 unspecified atom stereocenters. The highest BCUT2D eigenvalue weighted by atomic mass is 35.5. The number of benzene rings is 2. The van der Waals surface area contributed by atoms with Gasteiger partial charge >= 0.3 is 0 Å². The Hall–Kier alpha value is -2.69. The van der Waals surface area contributed by atoms with Gasteiger partial charge < -0.3 is 19.7 Å².